The molecule has 0 spiro atoms. The molecule has 0 N–H and O–H groups in total. The Bertz CT molecular complexity index is 981. The predicted molar refractivity (Wildman–Crippen MR) is 95.5 cm³/mol. The summed E-state index contributed by atoms with van der Waals surface area (Å²) in [4.78, 5) is 19.7. The highest BCUT2D eigenvalue weighted by Gasteiger charge is 2.37. The van der Waals surface area contributed by atoms with E-state index in [2.05, 4.69) is 9.97 Å². The zero-order chi connectivity index (χ0) is 21.1. The average molecular weight is 437 g/mol. The zero-order valence-electron chi connectivity index (χ0n) is 14.8. The molecule has 1 heterocycles. The first-order valence-corrected chi connectivity index (χ1v) is 10.1. The Morgan fingerprint density at radius 3 is 2.50 bits per heavy atom. The minimum atomic E-state index is -4.78. The van der Waals surface area contributed by atoms with E-state index in [1.165, 1.54) is 25.4 Å². The molecule has 2 aromatic rings. The molecule has 1 aromatic heterocycles. The summed E-state index contributed by atoms with van der Waals surface area (Å²) in [7, 11) is -4.24. The van der Waals surface area contributed by atoms with Crippen molar-refractivity contribution in [3.8, 4) is 0 Å². The van der Waals surface area contributed by atoms with Crippen LogP contribution in [0.15, 0.2) is 30.6 Å². The van der Waals surface area contributed by atoms with Crippen molar-refractivity contribution in [2.45, 2.75) is 31.0 Å². The molecule has 11 heteroatoms. The highest BCUT2D eigenvalue weighted by molar-refractivity contribution is 7.90. The molecule has 152 valence electrons. The molecular weight excluding hydrogens is 421 g/mol. The number of aromatic nitrogens is 2. The van der Waals surface area contributed by atoms with E-state index in [4.69, 9.17) is 16.3 Å². The normalized spacial score (nSPS) is 13.2. The number of nitrogens with zero attached hydrogens (tertiary/aromatic N) is 2. The molecule has 0 radical (unpaired) electrons. The lowest BCUT2D eigenvalue weighted by molar-refractivity contribution is -0.138. The van der Waals surface area contributed by atoms with Crippen LogP contribution in [-0.4, -0.2) is 31.0 Å². The van der Waals surface area contributed by atoms with Gasteiger partial charge in [0, 0.05) is 17.4 Å². The van der Waals surface area contributed by atoms with Crippen LogP contribution in [0.4, 0.5) is 13.2 Å². The lowest BCUT2D eigenvalue weighted by atomic mass is 10.1. The molecule has 0 bridgehead atoms. The van der Waals surface area contributed by atoms with Gasteiger partial charge in [0.25, 0.3) is 0 Å². The Hall–Kier alpha value is -2.20. The van der Waals surface area contributed by atoms with E-state index in [9.17, 15) is 26.4 Å². The molecule has 2 rings (SSSR count). The molecule has 0 aliphatic rings. The smallest absolute Gasteiger partial charge is 0.416 e. The van der Waals surface area contributed by atoms with Crippen LogP contribution in [0.1, 0.15) is 46.4 Å². The van der Waals surface area contributed by atoms with Gasteiger partial charge in [0.05, 0.1) is 23.6 Å². The topological polar surface area (TPSA) is 86.2 Å². The molecule has 0 aliphatic heterocycles. The maximum absolute atomic E-state index is 13.2. The quantitative estimate of drug-likeness (QED) is 0.636. The van der Waals surface area contributed by atoms with Crippen molar-refractivity contribution in [2.75, 3.05) is 6.61 Å². The highest BCUT2D eigenvalue weighted by atomic mass is 35.5. The van der Waals surface area contributed by atoms with E-state index in [0.717, 1.165) is 12.1 Å². The molecule has 0 saturated heterocycles. The maximum atomic E-state index is 13.2. The van der Waals surface area contributed by atoms with Gasteiger partial charge >= 0.3 is 12.1 Å². The molecular formula is C17H16ClF3N2O4S. The zero-order valence-corrected chi connectivity index (χ0v) is 16.4. The molecule has 1 atom stereocenters. The minimum absolute atomic E-state index is 0.0323. The van der Waals surface area contributed by atoms with Gasteiger partial charge < -0.3 is 4.74 Å². The first-order chi connectivity index (χ1) is 13.0. The second kappa shape index (κ2) is 8.44. The van der Waals surface area contributed by atoms with Crippen LogP contribution in [0.25, 0.3) is 0 Å². The van der Waals surface area contributed by atoms with Crippen LogP contribution >= 0.6 is 11.6 Å². The number of sulfone groups is 1. The Labute approximate surface area is 164 Å². The number of hydrogen-bond donors (Lipinski definition) is 0. The number of carbonyl (C=O) groups excluding carboxylic acids is 1. The molecule has 0 amide bonds. The number of carbonyl (C=O) groups is 1. The van der Waals surface area contributed by atoms with E-state index in [1.807, 2.05) is 0 Å². The number of benzene rings is 1. The number of rotatable bonds is 6. The molecule has 28 heavy (non-hydrogen) atoms. The summed E-state index contributed by atoms with van der Waals surface area (Å²) in [6.45, 7) is 2.81. The van der Waals surface area contributed by atoms with Gasteiger partial charge in [-0.1, -0.05) is 17.7 Å². The fourth-order valence-electron chi connectivity index (χ4n) is 2.47. The summed E-state index contributed by atoms with van der Waals surface area (Å²) >= 11 is 5.85. The Balaban J connectivity index is 2.47. The fourth-order valence-corrected chi connectivity index (χ4v) is 4.27. The molecule has 1 unspecified atom stereocenters. The van der Waals surface area contributed by atoms with Crippen molar-refractivity contribution in [1.29, 1.82) is 0 Å². The second-order valence-corrected chi connectivity index (χ2v) is 8.45. The van der Waals surface area contributed by atoms with Crippen LogP contribution < -0.4 is 0 Å². The second-order valence-electron chi connectivity index (χ2n) is 5.72. The van der Waals surface area contributed by atoms with Crippen molar-refractivity contribution < 1.29 is 31.1 Å². The predicted octanol–water partition coefficient (Wildman–Crippen LogP) is 4.00. The molecule has 0 aliphatic carbocycles. The monoisotopic (exact) mass is 436 g/mol. The standard InChI is InChI=1S/C17H16ClF3N2O4S/c1-3-27-16(24)15-14(22-7-8-23-15)10(2)28(25,26)9-11-12(17(19,20)21)5-4-6-13(11)18/h4-8,10H,3,9H2,1-2H3. The number of hydrogen-bond acceptors (Lipinski definition) is 6. The summed E-state index contributed by atoms with van der Waals surface area (Å²) in [5.74, 6) is -1.86. The van der Waals surface area contributed by atoms with Crippen LogP contribution in [0.3, 0.4) is 0 Å². The van der Waals surface area contributed by atoms with Gasteiger partial charge in [-0.15, -0.1) is 0 Å². The van der Waals surface area contributed by atoms with E-state index in [-0.39, 0.29) is 23.0 Å². The van der Waals surface area contributed by atoms with Crippen molar-refractivity contribution in [3.05, 3.63) is 58.1 Å². The molecule has 0 fully saturated rings. The van der Waals surface area contributed by atoms with Crippen LogP contribution in [0, 0.1) is 0 Å². The lowest BCUT2D eigenvalue weighted by Gasteiger charge is -2.18. The minimum Gasteiger partial charge on any atom is -0.461 e. The Kier molecular flexibility index (Phi) is 6.66. The van der Waals surface area contributed by atoms with Gasteiger partial charge in [-0.25, -0.2) is 18.2 Å². The maximum Gasteiger partial charge on any atom is 0.416 e. The van der Waals surface area contributed by atoms with Crippen molar-refractivity contribution in [1.82, 2.24) is 9.97 Å². The third-order valence-corrected chi connectivity index (χ3v) is 6.23. The Morgan fingerprint density at radius 2 is 1.89 bits per heavy atom. The fraction of sp³-hybridized carbons (Fsp3) is 0.353. The van der Waals surface area contributed by atoms with Gasteiger partial charge in [0.2, 0.25) is 0 Å². The SMILES string of the molecule is CCOC(=O)c1nccnc1C(C)S(=O)(=O)Cc1c(Cl)cccc1C(F)(F)F. The summed E-state index contributed by atoms with van der Waals surface area (Å²) < 4.78 is 70.2. The van der Waals surface area contributed by atoms with Gasteiger partial charge in [-0.2, -0.15) is 13.2 Å². The third kappa shape index (κ3) is 4.79. The number of halogens is 4. The summed E-state index contributed by atoms with van der Waals surface area (Å²) in [5.41, 5.74) is -2.22. The molecule has 6 nitrogen and oxygen atoms in total. The van der Waals surface area contributed by atoms with Crippen LogP contribution in [0.2, 0.25) is 5.02 Å². The van der Waals surface area contributed by atoms with Crippen LogP contribution in [0.5, 0.6) is 0 Å². The van der Waals surface area contributed by atoms with Crippen molar-refractivity contribution in [3.63, 3.8) is 0 Å². The van der Waals surface area contributed by atoms with Crippen molar-refractivity contribution in [2.24, 2.45) is 0 Å². The highest BCUT2D eigenvalue weighted by Crippen LogP contribution is 2.37. The average Bonchev–Trinajstić information content (AvgIpc) is 2.62. The lowest BCUT2D eigenvalue weighted by Crippen LogP contribution is -2.21. The summed E-state index contributed by atoms with van der Waals surface area (Å²) in [6, 6.07) is 3.03. The molecule has 1 aromatic carbocycles. The van der Waals surface area contributed by atoms with E-state index in [1.54, 1.807) is 6.92 Å². The van der Waals surface area contributed by atoms with E-state index in [0.29, 0.717) is 0 Å². The molecule has 0 saturated carbocycles. The first kappa shape index (κ1) is 22.1. The van der Waals surface area contributed by atoms with Gasteiger partial charge in [-0.3, -0.25) is 4.98 Å². The summed E-state index contributed by atoms with van der Waals surface area (Å²) in [6.07, 6.45) is -2.41. The number of ether oxygens (including phenoxy) is 1. The van der Waals surface area contributed by atoms with Gasteiger partial charge in [0.1, 0.15) is 5.25 Å². The first-order valence-electron chi connectivity index (χ1n) is 8.03. The number of esters is 1. The largest absolute Gasteiger partial charge is 0.461 e. The van der Waals surface area contributed by atoms with Crippen molar-refractivity contribution >= 4 is 27.4 Å². The van der Waals surface area contributed by atoms with E-state index < -0.39 is 44.1 Å². The van der Waals surface area contributed by atoms with Gasteiger partial charge in [-0.05, 0) is 31.5 Å². The third-order valence-electron chi connectivity index (χ3n) is 3.89. The Morgan fingerprint density at radius 1 is 1.25 bits per heavy atom. The number of alkyl halides is 3. The van der Waals surface area contributed by atoms with Gasteiger partial charge in [0.15, 0.2) is 15.5 Å². The van der Waals surface area contributed by atoms with Crippen LogP contribution in [-0.2, 0) is 26.5 Å². The summed E-state index contributed by atoms with van der Waals surface area (Å²) in [5, 5.41) is -1.74. The van der Waals surface area contributed by atoms with E-state index >= 15 is 0 Å².